The minimum Gasteiger partial charge on any atom is -0.449 e. The summed E-state index contributed by atoms with van der Waals surface area (Å²) in [6, 6.07) is 12.0. The molecule has 9 nitrogen and oxygen atoms in total. The van der Waals surface area contributed by atoms with Crippen LogP contribution >= 0.6 is 0 Å². The Labute approximate surface area is 212 Å². The molecule has 2 unspecified atom stereocenters. The molecule has 1 aliphatic carbocycles. The highest BCUT2D eigenvalue weighted by molar-refractivity contribution is 6.01. The molecular weight excluding hydrogens is 468 g/mol. The van der Waals surface area contributed by atoms with Crippen molar-refractivity contribution in [3.8, 4) is 22.4 Å². The zero-order valence-electron chi connectivity index (χ0n) is 20.2. The normalized spacial score (nSPS) is 19.8. The zero-order valence-corrected chi connectivity index (χ0v) is 20.2. The molecule has 1 saturated carbocycles. The van der Waals surface area contributed by atoms with E-state index in [0.717, 1.165) is 57.8 Å². The van der Waals surface area contributed by atoms with Crippen LogP contribution in [0.5, 0.6) is 0 Å². The minimum absolute atomic E-state index is 0.00297. The van der Waals surface area contributed by atoms with Crippen molar-refractivity contribution in [1.29, 1.82) is 0 Å². The van der Waals surface area contributed by atoms with E-state index in [1.165, 1.54) is 5.57 Å². The lowest BCUT2D eigenvalue weighted by molar-refractivity contribution is -0.115. The molecule has 1 N–H and O–H groups in total. The number of ether oxygens (including phenoxy) is 1. The summed E-state index contributed by atoms with van der Waals surface area (Å²) < 4.78 is 7.17. The number of carbonyl (C=O) groups is 2. The van der Waals surface area contributed by atoms with Crippen molar-refractivity contribution in [3.63, 3.8) is 0 Å². The number of benzene rings is 1. The Morgan fingerprint density at radius 1 is 1.14 bits per heavy atom. The Kier molecular flexibility index (Phi) is 4.85. The van der Waals surface area contributed by atoms with Crippen molar-refractivity contribution in [3.05, 3.63) is 78.0 Å². The molecule has 2 aliphatic heterocycles. The van der Waals surface area contributed by atoms with Crippen LogP contribution in [0.2, 0.25) is 0 Å². The summed E-state index contributed by atoms with van der Waals surface area (Å²) in [5.74, 6) is 0.140. The second-order valence-electron chi connectivity index (χ2n) is 9.62. The van der Waals surface area contributed by atoms with E-state index in [9.17, 15) is 9.59 Å². The highest BCUT2D eigenvalue weighted by Gasteiger charge is 2.43. The van der Waals surface area contributed by atoms with Gasteiger partial charge in [-0.1, -0.05) is 12.1 Å². The molecule has 3 aliphatic rings. The Morgan fingerprint density at radius 2 is 2.00 bits per heavy atom. The molecule has 1 aromatic carbocycles. The van der Waals surface area contributed by atoms with Gasteiger partial charge in [-0.05, 0) is 60.7 Å². The number of nitrogens with one attached hydrogen (secondary N) is 1. The van der Waals surface area contributed by atoms with E-state index in [-0.39, 0.29) is 24.0 Å². The van der Waals surface area contributed by atoms with Gasteiger partial charge in [0.2, 0.25) is 5.91 Å². The van der Waals surface area contributed by atoms with Gasteiger partial charge >= 0.3 is 6.09 Å². The topological polar surface area (TPSA) is 102 Å². The van der Waals surface area contributed by atoms with Gasteiger partial charge < -0.3 is 10.1 Å². The maximum absolute atomic E-state index is 12.4. The third-order valence-electron chi connectivity index (χ3n) is 7.49. The van der Waals surface area contributed by atoms with Crippen molar-refractivity contribution in [2.45, 2.75) is 38.1 Å². The number of fused-ring (bicyclic) bond motifs is 4. The average Bonchev–Trinajstić information content (AvgIpc) is 3.69. The number of hydrogen-bond donors (Lipinski definition) is 1. The van der Waals surface area contributed by atoms with E-state index in [0.29, 0.717) is 13.0 Å². The first-order chi connectivity index (χ1) is 18.1. The largest absolute Gasteiger partial charge is 0.449 e. The van der Waals surface area contributed by atoms with Crippen LogP contribution in [0.4, 0.5) is 10.5 Å². The Balaban J connectivity index is 1.37. The summed E-state index contributed by atoms with van der Waals surface area (Å²) in [6.07, 6.45) is 9.04. The van der Waals surface area contributed by atoms with Crippen LogP contribution in [0, 0.1) is 0 Å². The lowest BCUT2D eigenvalue weighted by atomic mass is 9.97. The first kappa shape index (κ1) is 21.7. The summed E-state index contributed by atoms with van der Waals surface area (Å²) in [4.78, 5) is 35.0. The first-order valence-electron chi connectivity index (χ1n) is 12.5. The molecular formula is C28H24N6O3. The SMILES string of the molecule is CCOC(=O)N1C=C2CC1CC2c1ccnc2c(-c3ccc4c(c3)NC(=O)C4)c(-c3ccncc3)nn12. The van der Waals surface area contributed by atoms with Crippen LogP contribution in [0.25, 0.3) is 28.0 Å². The number of pyridine rings is 1. The molecule has 37 heavy (non-hydrogen) atoms. The smallest absolute Gasteiger partial charge is 0.414 e. The monoisotopic (exact) mass is 492 g/mol. The summed E-state index contributed by atoms with van der Waals surface area (Å²) in [7, 11) is 0. The summed E-state index contributed by atoms with van der Waals surface area (Å²) in [6.45, 7) is 2.18. The van der Waals surface area contributed by atoms with Gasteiger partial charge in [0, 0.05) is 48.0 Å². The molecule has 2 atom stereocenters. The summed E-state index contributed by atoms with van der Waals surface area (Å²) in [5, 5.41) is 8.04. The van der Waals surface area contributed by atoms with E-state index in [1.807, 2.05) is 60.2 Å². The Morgan fingerprint density at radius 3 is 2.78 bits per heavy atom. The molecule has 5 heterocycles. The maximum atomic E-state index is 12.4. The molecule has 4 aromatic rings. The van der Waals surface area contributed by atoms with Gasteiger partial charge in [-0.2, -0.15) is 5.10 Å². The fraction of sp³-hybridized carbons (Fsp3) is 0.250. The van der Waals surface area contributed by atoms with Gasteiger partial charge in [-0.15, -0.1) is 0 Å². The summed E-state index contributed by atoms with van der Waals surface area (Å²) in [5.41, 5.74) is 8.39. The van der Waals surface area contributed by atoms with Gasteiger partial charge in [0.05, 0.1) is 24.3 Å². The van der Waals surface area contributed by atoms with Crippen molar-refractivity contribution >= 4 is 23.3 Å². The van der Waals surface area contributed by atoms with E-state index in [4.69, 9.17) is 14.8 Å². The van der Waals surface area contributed by atoms with Crippen LogP contribution in [0.15, 0.2) is 66.8 Å². The fourth-order valence-electron chi connectivity index (χ4n) is 5.84. The fourth-order valence-corrected chi connectivity index (χ4v) is 5.84. The number of rotatable bonds is 4. The second-order valence-corrected chi connectivity index (χ2v) is 9.62. The lowest BCUT2D eigenvalue weighted by Gasteiger charge is -2.26. The van der Waals surface area contributed by atoms with Gasteiger partial charge in [0.15, 0.2) is 5.65 Å². The number of hydrogen-bond acceptors (Lipinski definition) is 6. The molecule has 2 amide bonds. The molecule has 0 spiro atoms. The number of anilines is 1. The highest BCUT2D eigenvalue weighted by Crippen LogP contribution is 2.47. The number of amides is 2. The number of aromatic nitrogens is 4. The molecule has 3 aromatic heterocycles. The van der Waals surface area contributed by atoms with Gasteiger partial charge in [0.25, 0.3) is 0 Å². The van der Waals surface area contributed by atoms with Gasteiger partial charge in [-0.3, -0.25) is 14.7 Å². The van der Waals surface area contributed by atoms with Crippen molar-refractivity contribution in [1.82, 2.24) is 24.5 Å². The summed E-state index contributed by atoms with van der Waals surface area (Å²) >= 11 is 0. The van der Waals surface area contributed by atoms with Crippen LogP contribution in [-0.4, -0.2) is 49.1 Å². The third kappa shape index (κ3) is 3.41. The Hall–Kier alpha value is -4.53. The average molecular weight is 493 g/mol. The molecule has 2 bridgehead atoms. The van der Waals surface area contributed by atoms with Crippen LogP contribution in [0.1, 0.15) is 36.9 Å². The lowest BCUT2D eigenvalue weighted by Crippen LogP contribution is -2.34. The molecule has 0 saturated heterocycles. The standard InChI is InChI=1S/C28H24N6O3/c1-2-37-28(36)33-15-19-11-20(33)14-21(19)23-7-10-30-27-25(18-4-3-17-13-24(35)31-22(17)12-18)26(32-34(23)27)16-5-8-29-9-6-16/h3-10,12,15,20-21H,2,11,13-14H2,1H3,(H,31,35). The first-order valence-corrected chi connectivity index (χ1v) is 12.5. The molecule has 7 rings (SSSR count). The van der Waals surface area contributed by atoms with Crippen molar-refractivity contribution < 1.29 is 14.3 Å². The highest BCUT2D eigenvalue weighted by atomic mass is 16.6. The second kappa shape index (κ2) is 8.26. The van der Waals surface area contributed by atoms with E-state index < -0.39 is 0 Å². The number of nitrogens with zero attached hydrogens (tertiary/aromatic N) is 5. The van der Waals surface area contributed by atoms with Crippen LogP contribution < -0.4 is 5.32 Å². The quantitative estimate of drug-likeness (QED) is 0.448. The number of carbonyl (C=O) groups excluding carboxylic acids is 2. The van der Waals surface area contributed by atoms with Gasteiger partial charge in [-0.25, -0.2) is 14.3 Å². The predicted molar refractivity (Wildman–Crippen MR) is 137 cm³/mol. The predicted octanol–water partition coefficient (Wildman–Crippen LogP) is 4.55. The third-order valence-corrected chi connectivity index (χ3v) is 7.49. The van der Waals surface area contributed by atoms with Crippen molar-refractivity contribution in [2.24, 2.45) is 0 Å². The zero-order chi connectivity index (χ0) is 25.1. The minimum atomic E-state index is -0.286. The molecule has 0 radical (unpaired) electrons. The van der Waals surface area contributed by atoms with E-state index in [2.05, 4.69) is 10.3 Å². The van der Waals surface area contributed by atoms with E-state index in [1.54, 1.807) is 17.3 Å². The van der Waals surface area contributed by atoms with Crippen molar-refractivity contribution in [2.75, 3.05) is 11.9 Å². The maximum Gasteiger partial charge on any atom is 0.414 e. The van der Waals surface area contributed by atoms with Gasteiger partial charge in [0.1, 0.15) is 5.69 Å². The Bertz CT molecular complexity index is 1610. The van der Waals surface area contributed by atoms with Crippen LogP contribution in [-0.2, 0) is 16.0 Å². The molecule has 1 fully saturated rings. The molecule has 184 valence electrons. The molecule has 9 heteroatoms. The van der Waals surface area contributed by atoms with Crippen LogP contribution in [0.3, 0.4) is 0 Å². The van der Waals surface area contributed by atoms with E-state index >= 15 is 0 Å².